The van der Waals surface area contributed by atoms with Crippen molar-refractivity contribution in [1.29, 1.82) is 0 Å². The number of Topliss-reactive ketones (excluding diaryl/α,β-unsaturated/α-hetero) is 1. The van der Waals surface area contributed by atoms with Crippen molar-refractivity contribution in [2.45, 2.75) is 48.1 Å². The molecular weight excluding hydrogens is 248 g/mol. The molecule has 112 valence electrons. The summed E-state index contributed by atoms with van der Waals surface area (Å²) in [6.45, 7) is 13.3. The number of rotatable bonds is 5. The first kappa shape index (κ1) is 16.9. The highest BCUT2D eigenvalue weighted by molar-refractivity contribution is 5.86. The van der Waals surface area contributed by atoms with Gasteiger partial charge in [-0.15, -0.1) is 0 Å². The molecule has 2 nitrogen and oxygen atoms in total. The Morgan fingerprint density at radius 3 is 2.05 bits per heavy atom. The van der Waals surface area contributed by atoms with E-state index in [0.717, 1.165) is 5.56 Å². The van der Waals surface area contributed by atoms with Crippen LogP contribution in [0.4, 0.5) is 0 Å². The highest BCUT2D eigenvalue weighted by atomic mass is 16.5. The van der Waals surface area contributed by atoms with Crippen molar-refractivity contribution >= 4 is 5.78 Å². The van der Waals surface area contributed by atoms with E-state index in [1.165, 1.54) is 0 Å². The van der Waals surface area contributed by atoms with E-state index in [0.29, 0.717) is 13.2 Å². The van der Waals surface area contributed by atoms with Crippen molar-refractivity contribution in [2.24, 2.45) is 16.7 Å². The third-order valence-electron chi connectivity index (χ3n) is 3.50. The van der Waals surface area contributed by atoms with Crippen LogP contribution in [0.5, 0.6) is 0 Å². The van der Waals surface area contributed by atoms with E-state index in [4.69, 9.17) is 4.74 Å². The molecule has 0 aromatic heterocycles. The highest BCUT2D eigenvalue weighted by Crippen LogP contribution is 2.33. The van der Waals surface area contributed by atoms with Crippen molar-refractivity contribution in [2.75, 3.05) is 6.61 Å². The zero-order chi connectivity index (χ0) is 15.4. The number of ether oxygens (including phenoxy) is 1. The first-order valence-corrected chi connectivity index (χ1v) is 7.28. The number of hydrogen-bond donors (Lipinski definition) is 0. The lowest BCUT2D eigenvalue weighted by atomic mass is 9.71. The van der Waals surface area contributed by atoms with Gasteiger partial charge in [0.2, 0.25) is 0 Å². The van der Waals surface area contributed by atoms with Crippen molar-refractivity contribution in [3.63, 3.8) is 0 Å². The molecule has 0 spiro atoms. The largest absolute Gasteiger partial charge is 0.376 e. The van der Waals surface area contributed by atoms with Gasteiger partial charge >= 0.3 is 0 Å². The van der Waals surface area contributed by atoms with Crippen LogP contribution in [-0.2, 0) is 16.1 Å². The smallest absolute Gasteiger partial charge is 0.144 e. The van der Waals surface area contributed by atoms with Crippen LogP contribution < -0.4 is 0 Å². The highest BCUT2D eigenvalue weighted by Gasteiger charge is 2.37. The summed E-state index contributed by atoms with van der Waals surface area (Å²) in [5, 5.41) is 0. The maximum Gasteiger partial charge on any atom is 0.144 e. The number of carbonyl (C=O) groups excluding carboxylic acids is 1. The van der Waals surface area contributed by atoms with Gasteiger partial charge in [0.1, 0.15) is 5.78 Å². The molecule has 0 aliphatic rings. The van der Waals surface area contributed by atoms with Crippen LogP contribution in [0, 0.1) is 16.7 Å². The van der Waals surface area contributed by atoms with Crippen LogP contribution in [0.3, 0.4) is 0 Å². The van der Waals surface area contributed by atoms with Crippen LogP contribution in [-0.4, -0.2) is 12.4 Å². The second-order valence-corrected chi connectivity index (χ2v) is 7.53. The minimum Gasteiger partial charge on any atom is -0.376 e. The molecule has 0 bridgehead atoms. The third-order valence-corrected chi connectivity index (χ3v) is 3.50. The zero-order valence-electron chi connectivity index (χ0n) is 13.7. The predicted molar refractivity (Wildman–Crippen MR) is 83.5 cm³/mol. The average molecular weight is 276 g/mol. The van der Waals surface area contributed by atoms with E-state index >= 15 is 0 Å². The van der Waals surface area contributed by atoms with Crippen LogP contribution in [0.1, 0.15) is 47.1 Å². The van der Waals surface area contributed by atoms with Crippen LogP contribution in [0.15, 0.2) is 30.3 Å². The Kier molecular flexibility index (Phi) is 5.52. The summed E-state index contributed by atoms with van der Waals surface area (Å²) in [7, 11) is 0. The van der Waals surface area contributed by atoms with E-state index in [2.05, 4.69) is 20.8 Å². The summed E-state index contributed by atoms with van der Waals surface area (Å²) in [6, 6.07) is 10.1. The average Bonchev–Trinajstić information content (AvgIpc) is 2.32. The standard InChI is InChI=1S/C18H28O2/c1-17(2,3)15(16(19)18(4,5)6)13-20-12-14-10-8-7-9-11-14/h7-11,15H,12-13H2,1-6H3/t15-/m1/s1. The van der Waals surface area contributed by atoms with Crippen LogP contribution >= 0.6 is 0 Å². The minimum atomic E-state index is -0.325. The van der Waals surface area contributed by atoms with Crippen molar-refractivity contribution in [1.82, 2.24) is 0 Å². The van der Waals surface area contributed by atoms with Crippen LogP contribution in [0.25, 0.3) is 0 Å². The summed E-state index contributed by atoms with van der Waals surface area (Å²) in [6.07, 6.45) is 0. The molecule has 0 N–H and O–H groups in total. The maximum absolute atomic E-state index is 12.6. The summed E-state index contributed by atoms with van der Waals surface area (Å²) in [4.78, 5) is 12.6. The van der Waals surface area contributed by atoms with Gasteiger partial charge in [0, 0.05) is 11.3 Å². The van der Waals surface area contributed by atoms with Gasteiger partial charge in [-0.25, -0.2) is 0 Å². The van der Waals surface area contributed by atoms with Gasteiger partial charge in [-0.1, -0.05) is 71.9 Å². The molecule has 0 aliphatic carbocycles. The van der Waals surface area contributed by atoms with Crippen molar-refractivity contribution in [3.8, 4) is 0 Å². The Bertz CT molecular complexity index is 421. The molecule has 2 heteroatoms. The molecule has 1 atom stereocenters. The molecule has 1 rings (SSSR count). The molecule has 0 aliphatic heterocycles. The van der Waals surface area contributed by atoms with E-state index in [-0.39, 0.29) is 22.5 Å². The molecule has 0 amide bonds. The number of carbonyl (C=O) groups is 1. The molecule has 20 heavy (non-hydrogen) atoms. The summed E-state index contributed by atoms with van der Waals surface area (Å²) in [5.41, 5.74) is 0.734. The van der Waals surface area contributed by atoms with Gasteiger partial charge in [0.15, 0.2) is 0 Å². The quantitative estimate of drug-likeness (QED) is 0.792. The van der Waals surface area contributed by atoms with Gasteiger partial charge < -0.3 is 4.74 Å². The lowest BCUT2D eigenvalue weighted by molar-refractivity contribution is -0.137. The molecule has 0 fully saturated rings. The summed E-state index contributed by atoms with van der Waals surface area (Å²) < 4.78 is 5.80. The Balaban J connectivity index is 2.66. The number of benzene rings is 1. The predicted octanol–water partition coefficient (Wildman–Crippen LogP) is 4.48. The van der Waals surface area contributed by atoms with E-state index < -0.39 is 0 Å². The van der Waals surface area contributed by atoms with Crippen molar-refractivity contribution in [3.05, 3.63) is 35.9 Å². The molecule has 0 saturated carbocycles. The second kappa shape index (κ2) is 6.53. The lowest BCUT2D eigenvalue weighted by Gasteiger charge is -2.34. The minimum absolute atomic E-state index is 0.0776. The molecular formula is C18H28O2. The van der Waals surface area contributed by atoms with Crippen molar-refractivity contribution < 1.29 is 9.53 Å². The van der Waals surface area contributed by atoms with Gasteiger partial charge in [-0.3, -0.25) is 4.79 Å². The molecule has 1 aromatic rings. The fraction of sp³-hybridized carbons (Fsp3) is 0.611. The molecule has 0 heterocycles. The summed E-state index contributed by atoms with van der Waals surface area (Å²) in [5.74, 6) is 0.198. The van der Waals surface area contributed by atoms with Gasteiger partial charge in [0.25, 0.3) is 0 Å². The normalized spacial score (nSPS) is 14.1. The van der Waals surface area contributed by atoms with E-state index in [1.54, 1.807) is 0 Å². The summed E-state index contributed by atoms with van der Waals surface area (Å²) >= 11 is 0. The topological polar surface area (TPSA) is 26.3 Å². The number of hydrogen-bond acceptors (Lipinski definition) is 2. The SMILES string of the molecule is CC(C)(C)C(=O)[C@@H](COCc1ccccc1)C(C)(C)C. The number of ketones is 1. The first-order valence-electron chi connectivity index (χ1n) is 7.28. The maximum atomic E-state index is 12.6. The Labute approximate surface area is 123 Å². The molecule has 0 radical (unpaired) electrons. The lowest BCUT2D eigenvalue weighted by Crippen LogP contribution is -2.39. The molecule has 1 aromatic carbocycles. The van der Waals surface area contributed by atoms with Gasteiger partial charge in [-0.05, 0) is 11.0 Å². The molecule has 0 saturated heterocycles. The Morgan fingerprint density at radius 2 is 1.60 bits per heavy atom. The third kappa shape index (κ3) is 5.09. The zero-order valence-corrected chi connectivity index (χ0v) is 13.7. The van der Waals surface area contributed by atoms with Gasteiger partial charge in [0.05, 0.1) is 13.2 Å². The monoisotopic (exact) mass is 276 g/mol. The van der Waals surface area contributed by atoms with E-state index in [9.17, 15) is 4.79 Å². The second-order valence-electron chi connectivity index (χ2n) is 7.53. The van der Waals surface area contributed by atoms with E-state index in [1.807, 2.05) is 51.1 Å². The Morgan fingerprint density at radius 1 is 1.05 bits per heavy atom. The van der Waals surface area contributed by atoms with Crippen LogP contribution in [0.2, 0.25) is 0 Å². The first-order chi connectivity index (χ1) is 9.12. The fourth-order valence-corrected chi connectivity index (χ4v) is 2.11. The van der Waals surface area contributed by atoms with Gasteiger partial charge in [-0.2, -0.15) is 0 Å². The fourth-order valence-electron chi connectivity index (χ4n) is 2.11. The molecule has 0 unspecified atom stereocenters. The Hall–Kier alpha value is -1.15.